The molecular formula is C17H31N5O7S. The van der Waals surface area contributed by atoms with E-state index in [0.29, 0.717) is 6.42 Å². The summed E-state index contributed by atoms with van der Waals surface area (Å²) in [6, 6.07) is -4.95. The molecule has 30 heavy (non-hydrogen) atoms. The van der Waals surface area contributed by atoms with Crippen molar-refractivity contribution in [2.24, 2.45) is 17.4 Å². The zero-order valence-corrected chi connectivity index (χ0v) is 17.9. The summed E-state index contributed by atoms with van der Waals surface area (Å²) in [5.41, 5.74) is 10.9. The van der Waals surface area contributed by atoms with Crippen LogP contribution < -0.4 is 27.4 Å². The van der Waals surface area contributed by atoms with E-state index in [-0.39, 0.29) is 24.5 Å². The Kier molecular flexibility index (Phi) is 12.7. The largest absolute Gasteiger partial charge is 0.480 e. The second kappa shape index (κ2) is 13.8. The van der Waals surface area contributed by atoms with Crippen LogP contribution in [0.1, 0.15) is 33.1 Å². The van der Waals surface area contributed by atoms with E-state index >= 15 is 0 Å². The summed E-state index contributed by atoms with van der Waals surface area (Å²) in [5.74, 6) is -4.58. The molecule has 0 saturated heterocycles. The Bertz CT molecular complexity index is 632. The SMILES string of the molecule is CC(C)CC(N)C(=O)NC(CCC(N)=O)C(=O)NC(CO)C(=O)NC(CS)C(=O)O. The van der Waals surface area contributed by atoms with Crippen LogP contribution in [0.4, 0.5) is 0 Å². The van der Waals surface area contributed by atoms with Crippen molar-refractivity contribution < 1.29 is 34.2 Å². The number of carbonyl (C=O) groups excluding carboxylic acids is 4. The normalized spacial score (nSPS) is 14.9. The molecule has 0 heterocycles. The first kappa shape index (κ1) is 27.6. The molecule has 0 rings (SSSR count). The molecule has 172 valence electrons. The fourth-order valence-corrected chi connectivity index (χ4v) is 2.62. The summed E-state index contributed by atoms with van der Waals surface area (Å²) in [4.78, 5) is 59.1. The van der Waals surface area contributed by atoms with Crippen LogP contribution in [-0.2, 0) is 24.0 Å². The van der Waals surface area contributed by atoms with Crippen molar-refractivity contribution in [1.29, 1.82) is 0 Å². The van der Waals surface area contributed by atoms with E-state index in [1.165, 1.54) is 0 Å². The highest BCUT2D eigenvalue weighted by Gasteiger charge is 2.30. The minimum absolute atomic E-state index is 0.125. The Labute approximate surface area is 179 Å². The molecule has 0 saturated carbocycles. The van der Waals surface area contributed by atoms with Crippen LogP contribution in [0.25, 0.3) is 0 Å². The minimum Gasteiger partial charge on any atom is -0.480 e. The van der Waals surface area contributed by atoms with Gasteiger partial charge in [-0.1, -0.05) is 13.8 Å². The number of hydrogen-bond acceptors (Lipinski definition) is 8. The third-order valence-corrected chi connectivity index (χ3v) is 4.35. The number of hydrogen-bond donors (Lipinski definition) is 8. The molecule has 0 aromatic carbocycles. The number of thiol groups is 1. The van der Waals surface area contributed by atoms with Gasteiger partial charge in [0.2, 0.25) is 23.6 Å². The van der Waals surface area contributed by atoms with Crippen LogP contribution in [0.15, 0.2) is 0 Å². The molecule has 0 fully saturated rings. The average molecular weight is 450 g/mol. The third kappa shape index (κ3) is 10.4. The maximum absolute atomic E-state index is 12.6. The second-order valence-electron chi connectivity index (χ2n) is 7.13. The Morgan fingerprint density at radius 2 is 1.43 bits per heavy atom. The second-order valence-corrected chi connectivity index (χ2v) is 7.49. The number of nitrogens with one attached hydrogen (secondary N) is 3. The van der Waals surface area contributed by atoms with Gasteiger partial charge in [-0.05, 0) is 18.8 Å². The molecule has 4 atom stereocenters. The minimum atomic E-state index is -1.49. The summed E-state index contributed by atoms with van der Waals surface area (Å²) in [5, 5.41) is 25.1. The average Bonchev–Trinajstić information content (AvgIpc) is 2.65. The molecule has 9 N–H and O–H groups in total. The molecule has 0 aromatic rings. The Morgan fingerprint density at radius 3 is 1.87 bits per heavy atom. The highest BCUT2D eigenvalue weighted by Crippen LogP contribution is 2.05. The summed E-state index contributed by atoms with van der Waals surface area (Å²) in [6.07, 6.45) is -0.0258. The highest BCUT2D eigenvalue weighted by molar-refractivity contribution is 7.80. The van der Waals surface area contributed by atoms with Gasteiger partial charge in [0.05, 0.1) is 12.6 Å². The van der Waals surface area contributed by atoms with Gasteiger partial charge in [0, 0.05) is 12.2 Å². The van der Waals surface area contributed by atoms with Crippen molar-refractivity contribution >= 4 is 42.2 Å². The van der Waals surface area contributed by atoms with Crippen molar-refractivity contribution in [3.63, 3.8) is 0 Å². The molecule has 0 bridgehead atoms. The van der Waals surface area contributed by atoms with E-state index < -0.39 is 60.4 Å². The number of carboxylic acid groups (broad SMARTS) is 1. The molecule has 4 amide bonds. The van der Waals surface area contributed by atoms with Gasteiger partial charge in [0.25, 0.3) is 0 Å². The predicted molar refractivity (Wildman–Crippen MR) is 110 cm³/mol. The van der Waals surface area contributed by atoms with E-state index in [0.717, 1.165) is 0 Å². The highest BCUT2D eigenvalue weighted by atomic mass is 32.1. The number of aliphatic carboxylic acids is 1. The Hall–Kier alpha value is -2.38. The number of rotatable bonds is 14. The van der Waals surface area contributed by atoms with Crippen molar-refractivity contribution in [3.8, 4) is 0 Å². The van der Waals surface area contributed by atoms with Gasteiger partial charge in [0.1, 0.15) is 18.1 Å². The van der Waals surface area contributed by atoms with E-state index in [9.17, 15) is 29.1 Å². The smallest absolute Gasteiger partial charge is 0.327 e. The molecule has 0 aromatic heterocycles. The van der Waals surface area contributed by atoms with Crippen molar-refractivity contribution in [2.75, 3.05) is 12.4 Å². The van der Waals surface area contributed by atoms with Gasteiger partial charge in [-0.2, -0.15) is 12.6 Å². The molecule has 0 spiro atoms. The summed E-state index contributed by atoms with van der Waals surface area (Å²) in [7, 11) is 0. The monoisotopic (exact) mass is 449 g/mol. The molecule has 0 aliphatic carbocycles. The lowest BCUT2D eigenvalue weighted by molar-refractivity contribution is -0.142. The van der Waals surface area contributed by atoms with Gasteiger partial charge in [-0.15, -0.1) is 0 Å². The maximum Gasteiger partial charge on any atom is 0.327 e. The number of carboxylic acids is 1. The fraction of sp³-hybridized carbons (Fsp3) is 0.706. The standard InChI is InChI=1S/C17H31N5O7S/c1-8(2)5-9(18)14(25)20-10(3-4-13(19)24)15(26)21-11(6-23)16(27)22-12(7-30)17(28)29/h8-12,23,30H,3-7,18H2,1-2H3,(H2,19,24)(H,20,25)(H,21,26)(H,22,27)(H,28,29). The van der Waals surface area contributed by atoms with Gasteiger partial charge in [-0.25, -0.2) is 4.79 Å². The summed E-state index contributed by atoms with van der Waals surface area (Å²) in [6.45, 7) is 2.90. The topological polar surface area (TPSA) is 214 Å². The first-order valence-electron chi connectivity index (χ1n) is 9.32. The van der Waals surface area contributed by atoms with Crippen LogP contribution >= 0.6 is 12.6 Å². The number of primary amides is 1. The maximum atomic E-state index is 12.6. The zero-order chi connectivity index (χ0) is 23.4. The molecule has 0 radical (unpaired) electrons. The summed E-state index contributed by atoms with van der Waals surface area (Å²) >= 11 is 3.81. The predicted octanol–water partition coefficient (Wildman–Crippen LogP) is -2.91. The molecule has 0 aliphatic heterocycles. The number of aliphatic hydroxyl groups excluding tert-OH is 1. The van der Waals surface area contributed by atoms with Crippen LogP contribution in [-0.4, -0.2) is 76.3 Å². The van der Waals surface area contributed by atoms with Crippen molar-refractivity contribution in [1.82, 2.24) is 16.0 Å². The van der Waals surface area contributed by atoms with Gasteiger partial charge in [0.15, 0.2) is 0 Å². The number of nitrogens with two attached hydrogens (primary N) is 2. The molecule has 4 unspecified atom stereocenters. The first-order valence-corrected chi connectivity index (χ1v) is 9.95. The number of carbonyl (C=O) groups is 5. The van der Waals surface area contributed by atoms with Crippen LogP contribution in [0.5, 0.6) is 0 Å². The quantitative estimate of drug-likeness (QED) is 0.128. The molecule has 12 nitrogen and oxygen atoms in total. The lowest BCUT2D eigenvalue weighted by atomic mass is 10.0. The van der Waals surface area contributed by atoms with Gasteiger partial charge >= 0.3 is 5.97 Å². The first-order chi connectivity index (χ1) is 13.9. The third-order valence-electron chi connectivity index (χ3n) is 3.99. The Balaban J connectivity index is 5.22. The number of amides is 4. The van der Waals surface area contributed by atoms with E-state index in [1.807, 2.05) is 13.8 Å². The molecule has 0 aliphatic rings. The van der Waals surface area contributed by atoms with E-state index in [2.05, 4.69) is 28.6 Å². The lowest BCUT2D eigenvalue weighted by Gasteiger charge is -2.24. The van der Waals surface area contributed by atoms with Crippen LogP contribution in [0.2, 0.25) is 0 Å². The van der Waals surface area contributed by atoms with E-state index in [4.69, 9.17) is 16.6 Å². The van der Waals surface area contributed by atoms with E-state index in [1.54, 1.807) is 0 Å². The summed E-state index contributed by atoms with van der Waals surface area (Å²) < 4.78 is 0. The zero-order valence-electron chi connectivity index (χ0n) is 17.0. The Morgan fingerprint density at radius 1 is 0.933 bits per heavy atom. The van der Waals surface area contributed by atoms with Crippen LogP contribution in [0, 0.1) is 5.92 Å². The lowest BCUT2D eigenvalue weighted by Crippen LogP contribution is -2.58. The fourth-order valence-electron chi connectivity index (χ4n) is 2.37. The van der Waals surface area contributed by atoms with Crippen LogP contribution in [0.3, 0.4) is 0 Å². The molecular weight excluding hydrogens is 418 g/mol. The van der Waals surface area contributed by atoms with Crippen molar-refractivity contribution in [2.45, 2.75) is 57.3 Å². The molecule has 13 heteroatoms. The van der Waals surface area contributed by atoms with Crippen molar-refractivity contribution in [3.05, 3.63) is 0 Å². The number of aliphatic hydroxyl groups is 1. The van der Waals surface area contributed by atoms with Gasteiger partial charge < -0.3 is 37.6 Å². The van der Waals surface area contributed by atoms with Gasteiger partial charge in [-0.3, -0.25) is 19.2 Å².